The molecule has 17 heavy (non-hydrogen) atoms. The van der Waals surface area contributed by atoms with Gasteiger partial charge in [-0.25, -0.2) is 0 Å². The highest BCUT2D eigenvalue weighted by molar-refractivity contribution is 8.14. The lowest BCUT2D eigenvalue weighted by Crippen LogP contribution is -2.42. The second kappa shape index (κ2) is 8.64. The first-order valence-corrected chi connectivity index (χ1v) is 6.90. The Morgan fingerprint density at radius 2 is 2.00 bits per heavy atom. The Morgan fingerprint density at radius 3 is 2.47 bits per heavy atom. The van der Waals surface area contributed by atoms with Crippen LogP contribution in [0.1, 0.15) is 39.0 Å². The number of hydrogen-bond acceptors (Lipinski definition) is 3. The molecule has 1 aliphatic rings. The summed E-state index contributed by atoms with van der Waals surface area (Å²) in [7, 11) is 0. The van der Waals surface area contributed by atoms with Gasteiger partial charge in [0, 0.05) is 12.6 Å². The predicted molar refractivity (Wildman–Crippen MR) is 75.9 cm³/mol. The second-order valence-corrected chi connectivity index (χ2v) is 5.14. The normalized spacial score (nSPS) is 16.1. The highest BCUT2D eigenvalue weighted by Crippen LogP contribution is 2.23. The van der Waals surface area contributed by atoms with E-state index >= 15 is 0 Å². The molecule has 1 rings (SSSR count). The summed E-state index contributed by atoms with van der Waals surface area (Å²) < 4.78 is 0. The van der Waals surface area contributed by atoms with Crippen molar-refractivity contribution in [3.05, 3.63) is 0 Å². The van der Waals surface area contributed by atoms with Gasteiger partial charge in [-0.15, -0.1) is 12.4 Å². The van der Waals surface area contributed by atoms with Gasteiger partial charge in [-0.2, -0.15) is 0 Å². The van der Waals surface area contributed by atoms with E-state index in [1.54, 1.807) is 0 Å². The molecule has 0 bridgehead atoms. The molecular weight excluding hydrogens is 258 g/mol. The lowest BCUT2D eigenvalue weighted by molar-refractivity contribution is -0.131. The number of hydrogen-bond donors (Lipinski definition) is 2. The van der Waals surface area contributed by atoms with Gasteiger partial charge in [-0.1, -0.05) is 31.0 Å². The van der Waals surface area contributed by atoms with Crippen LogP contribution in [0.2, 0.25) is 0 Å². The average Bonchev–Trinajstić information content (AvgIpc) is 2.29. The standard InChI is InChI=1S/C11H21N3OS.ClH/c1-2-14(9-6-4-3-5-7-9)10(15)8-16-11(12)13;/h9H,2-8H2,1H3,(H3,12,13);1H. The number of thioether (sulfide) groups is 1. The van der Waals surface area contributed by atoms with Crippen LogP contribution in [-0.2, 0) is 4.79 Å². The zero-order chi connectivity index (χ0) is 12.0. The molecule has 0 heterocycles. The zero-order valence-corrected chi connectivity index (χ0v) is 11.9. The second-order valence-electron chi connectivity index (χ2n) is 4.12. The Morgan fingerprint density at radius 1 is 1.41 bits per heavy atom. The van der Waals surface area contributed by atoms with E-state index in [1.165, 1.54) is 19.3 Å². The molecule has 3 N–H and O–H groups in total. The number of amides is 1. The molecule has 0 unspecified atom stereocenters. The molecular formula is C11H22ClN3OS. The molecule has 0 radical (unpaired) electrons. The van der Waals surface area contributed by atoms with Crippen LogP contribution in [0.5, 0.6) is 0 Å². The molecule has 1 fully saturated rings. The number of carbonyl (C=O) groups is 1. The van der Waals surface area contributed by atoms with Crippen molar-refractivity contribution < 1.29 is 4.79 Å². The van der Waals surface area contributed by atoms with Gasteiger partial charge in [-0.05, 0) is 19.8 Å². The number of rotatable bonds is 4. The lowest BCUT2D eigenvalue weighted by atomic mass is 9.94. The molecule has 0 atom stereocenters. The van der Waals surface area contributed by atoms with Gasteiger partial charge in [0.1, 0.15) is 0 Å². The van der Waals surface area contributed by atoms with E-state index in [-0.39, 0.29) is 23.5 Å². The van der Waals surface area contributed by atoms with E-state index in [1.807, 2.05) is 11.8 Å². The number of nitrogens with two attached hydrogens (primary N) is 1. The van der Waals surface area contributed by atoms with Gasteiger partial charge in [-0.3, -0.25) is 10.2 Å². The summed E-state index contributed by atoms with van der Waals surface area (Å²) in [5.41, 5.74) is 5.24. The van der Waals surface area contributed by atoms with Gasteiger partial charge >= 0.3 is 0 Å². The fourth-order valence-electron chi connectivity index (χ4n) is 2.25. The molecule has 0 aromatic rings. The lowest BCUT2D eigenvalue weighted by Gasteiger charge is -2.33. The minimum atomic E-state index is 0. The van der Waals surface area contributed by atoms with Crippen molar-refractivity contribution in [1.82, 2.24) is 4.90 Å². The fourth-order valence-corrected chi connectivity index (χ4v) is 2.70. The van der Waals surface area contributed by atoms with E-state index in [4.69, 9.17) is 11.1 Å². The van der Waals surface area contributed by atoms with Crippen LogP contribution in [-0.4, -0.2) is 34.3 Å². The van der Waals surface area contributed by atoms with E-state index in [0.29, 0.717) is 11.8 Å². The summed E-state index contributed by atoms with van der Waals surface area (Å²) in [5, 5.41) is 7.12. The third-order valence-electron chi connectivity index (χ3n) is 3.03. The fraction of sp³-hybridized carbons (Fsp3) is 0.818. The van der Waals surface area contributed by atoms with Crippen molar-refractivity contribution in [2.24, 2.45) is 5.73 Å². The maximum atomic E-state index is 11.9. The number of nitrogens with one attached hydrogen (secondary N) is 1. The van der Waals surface area contributed by atoms with E-state index < -0.39 is 0 Å². The number of nitrogens with zero attached hydrogens (tertiary/aromatic N) is 1. The van der Waals surface area contributed by atoms with Crippen LogP contribution < -0.4 is 5.73 Å². The minimum absolute atomic E-state index is 0. The third-order valence-corrected chi connectivity index (χ3v) is 3.73. The zero-order valence-electron chi connectivity index (χ0n) is 10.3. The topological polar surface area (TPSA) is 70.2 Å². The van der Waals surface area contributed by atoms with Crippen molar-refractivity contribution in [2.75, 3.05) is 12.3 Å². The highest BCUT2D eigenvalue weighted by Gasteiger charge is 2.23. The maximum Gasteiger partial charge on any atom is 0.233 e. The Kier molecular flexibility index (Phi) is 8.43. The summed E-state index contributed by atoms with van der Waals surface area (Å²) >= 11 is 1.12. The van der Waals surface area contributed by atoms with E-state index in [0.717, 1.165) is 31.1 Å². The van der Waals surface area contributed by atoms with Crippen molar-refractivity contribution in [1.29, 1.82) is 5.41 Å². The average molecular weight is 280 g/mol. The Bertz CT molecular complexity index is 257. The number of amidine groups is 1. The summed E-state index contributed by atoms with van der Waals surface area (Å²) in [4.78, 5) is 13.9. The van der Waals surface area contributed by atoms with Crippen LogP contribution in [0.3, 0.4) is 0 Å². The van der Waals surface area contributed by atoms with E-state index in [2.05, 4.69) is 0 Å². The maximum absolute atomic E-state index is 11.9. The first-order valence-electron chi connectivity index (χ1n) is 5.91. The predicted octanol–water partition coefficient (Wildman–Crippen LogP) is 2.22. The first kappa shape index (κ1) is 16.6. The van der Waals surface area contributed by atoms with Crippen molar-refractivity contribution in [3.63, 3.8) is 0 Å². The van der Waals surface area contributed by atoms with Crippen LogP contribution >= 0.6 is 24.2 Å². The summed E-state index contributed by atoms with van der Waals surface area (Å²) in [5.74, 6) is 0.425. The Labute approximate surface area is 114 Å². The Hall–Kier alpha value is -0.420. The van der Waals surface area contributed by atoms with E-state index in [9.17, 15) is 4.79 Å². The van der Waals surface area contributed by atoms with Crippen molar-refractivity contribution in [3.8, 4) is 0 Å². The monoisotopic (exact) mass is 279 g/mol. The molecule has 0 aromatic heterocycles. The summed E-state index contributed by atoms with van der Waals surface area (Å²) in [6.07, 6.45) is 6.02. The molecule has 4 nitrogen and oxygen atoms in total. The molecule has 1 aliphatic carbocycles. The summed E-state index contributed by atoms with van der Waals surface area (Å²) in [6, 6.07) is 0.416. The van der Waals surface area contributed by atoms with Gasteiger partial charge in [0.2, 0.25) is 5.91 Å². The molecule has 6 heteroatoms. The van der Waals surface area contributed by atoms with Crippen LogP contribution in [0.15, 0.2) is 0 Å². The van der Waals surface area contributed by atoms with Crippen LogP contribution in [0.25, 0.3) is 0 Å². The minimum Gasteiger partial charge on any atom is -0.379 e. The SMILES string of the molecule is CCN(C(=O)CSC(=N)N)C1CCCCC1.Cl. The van der Waals surface area contributed by atoms with Crippen LogP contribution in [0, 0.1) is 5.41 Å². The smallest absolute Gasteiger partial charge is 0.233 e. The summed E-state index contributed by atoms with van der Waals surface area (Å²) in [6.45, 7) is 2.78. The highest BCUT2D eigenvalue weighted by atomic mass is 35.5. The Balaban J connectivity index is 0.00000256. The molecule has 1 amide bonds. The molecule has 0 spiro atoms. The largest absolute Gasteiger partial charge is 0.379 e. The first-order chi connectivity index (χ1) is 7.65. The van der Waals surface area contributed by atoms with Gasteiger partial charge in [0.15, 0.2) is 5.17 Å². The van der Waals surface area contributed by atoms with Gasteiger partial charge < -0.3 is 10.6 Å². The molecule has 0 aliphatic heterocycles. The number of halogens is 1. The third kappa shape index (κ3) is 5.64. The molecule has 1 saturated carbocycles. The van der Waals surface area contributed by atoms with Crippen molar-refractivity contribution >= 4 is 35.2 Å². The molecule has 100 valence electrons. The van der Waals surface area contributed by atoms with Crippen LogP contribution in [0.4, 0.5) is 0 Å². The number of carbonyl (C=O) groups excluding carboxylic acids is 1. The molecule has 0 saturated heterocycles. The van der Waals surface area contributed by atoms with Crippen molar-refractivity contribution in [2.45, 2.75) is 45.1 Å². The quantitative estimate of drug-likeness (QED) is 0.612. The van der Waals surface area contributed by atoms with Gasteiger partial charge in [0.25, 0.3) is 0 Å². The van der Waals surface area contributed by atoms with Gasteiger partial charge in [0.05, 0.1) is 5.75 Å². The molecule has 0 aromatic carbocycles.